The van der Waals surface area contributed by atoms with Gasteiger partial charge in [-0.05, 0) is 26.2 Å². The summed E-state index contributed by atoms with van der Waals surface area (Å²) in [5.74, 6) is -1.44. The van der Waals surface area contributed by atoms with Crippen molar-refractivity contribution in [2.24, 2.45) is 5.92 Å². The lowest BCUT2D eigenvalue weighted by molar-refractivity contribution is -0.142. The molecule has 4 atom stereocenters. The fraction of sp³-hybridized carbons (Fsp3) is 0.909. The highest BCUT2D eigenvalue weighted by molar-refractivity contribution is 7.89. The molecule has 0 spiro atoms. The summed E-state index contributed by atoms with van der Waals surface area (Å²) in [5, 5.41) is 8.49. The fourth-order valence-electron chi connectivity index (χ4n) is 3.13. The predicted molar refractivity (Wildman–Crippen MR) is 64.6 cm³/mol. The van der Waals surface area contributed by atoms with Crippen molar-refractivity contribution in [3.05, 3.63) is 0 Å². The zero-order valence-electron chi connectivity index (χ0n) is 10.6. The van der Waals surface area contributed by atoms with Crippen LogP contribution in [0.15, 0.2) is 0 Å². The molecule has 2 rings (SSSR count). The predicted octanol–water partition coefficient (Wildman–Crippen LogP) is 0.289. The molecule has 0 aliphatic carbocycles. The zero-order valence-corrected chi connectivity index (χ0v) is 11.4. The molecule has 0 aromatic carbocycles. The quantitative estimate of drug-likeness (QED) is 0.780. The molecule has 2 saturated heterocycles. The summed E-state index contributed by atoms with van der Waals surface area (Å²) >= 11 is 0. The molecule has 18 heavy (non-hydrogen) atoms. The van der Waals surface area contributed by atoms with Crippen molar-refractivity contribution in [2.45, 2.75) is 43.5 Å². The van der Waals surface area contributed by atoms with Crippen molar-refractivity contribution in [3.63, 3.8) is 0 Å². The van der Waals surface area contributed by atoms with Crippen molar-refractivity contribution in [1.29, 1.82) is 0 Å². The second kappa shape index (κ2) is 4.79. The van der Waals surface area contributed by atoms with E-state index in [9.17, 15) is 13.2 Å². The lowest BCUT2D eigenvalue weighted by Crippen LogP contribution is -2.43. The highest BCUT2D eigenvalue weighted by Crippen LogP contribution is 2.44. The van der Waals surface area contributed by atoms with Crippen molar-refractivity contribution in [1.82, 2.24) is 4.31 Å². The third-order valence-corrected chi connectivity index (χ3v) is 6.30. The number of carboxylic acid groups (broad SMARTS) is 1. The first kappa shape index (κ1) is 13.8. The summed E-state index contributed by atoms with van der Waals surface area (Å²) in [6.45, 7) is 1.74. The standard InChI is InChI=1S/C11H19NO5S/c1-7(6-17-2)18(15,16)12-8-3-4-10(12)9(5-8)11(13)14/h7-10H,3-6H2,1-2H3,(H,13,14). The van der Waals surface area contributed by atoms with Gasteiger partial charge in [-0.1, -0.05) is 0 Å². The monoisotopic (exact) mass is 277 g/mol. The minimum Gasteiger partial charge on any atom is -0.481 e. The molecule has 0 amide bonds. The molecule has 4 unspecified atom stereocenters. The van der Waals surface area contributed by atoms with Crippen LogP contribution in [0.25, 0.3) is 0 Å². The van der Waals surface area contributed by atoms with Crippen LogP contribution >= 0.6 is 0 Å². The Morgan fingerprint density at radius 3 is 2.67 bits per heavy atom. The van der Waals surface area contributed by atoms with Crippen molar-refractivity contribution in [2.75, 3.05) is 13.7 Å². The molecule has 2 aliphatic rings. The molecule has 2 heterocycles. The number of carboxylic acids is 1. The third-order valence-electron chi connectivity index (χ3n) is 3.99. The maximum atomic E-state index is 12.4. The molecular formula is C11H19NO5S. The summed E-state index contributed by atoms with van der Waals surface area (Å²) in [7, 11) is -2.00. The Hall–Kier alpha value is -0.660. The van der Waals surface area contributed by atoms with Gasteiger partial charge in [0.25, 0.3) is 0 Å². The average molecular weight is 277 g/mol. The number of hydrogen-bond acceptors (Lipinski definition) is 4. The average Bonchev–Trinajstić information content (AvgIpc) is 2.86. The van der Waals surface area contributed by atoms with E-state index >= 15 is 0 Å². The smallest absolute Gasteiger partial charge is 0.308 e. The Morgan fingerprint density at radius 1 is 1.50 bits per heavy atom. The maximum Gasteiger partial charge on any atom is 0.308 e. The lowest BCUT2D eigenvalue weighted by Gasteiger charge is -2.25. The number of sulfonamides is 1. The van der Waals surface area contributed by atoms with Gasteiger partial charge in [-0.25, -0.2) is 8.42 Å². The van der Waals surface area contributed by atoms with Crippen molar-refractivity contribution in [3.8, 4) is 0 Å². The van der Waals surface area contributed by atoms with Crippen LogP contribution in [0.5, 0.6) is 0 Å². The van der Waals surface area contributed by atoms with E-state index in [0.29, 0.717) is 12.8 Å². The van der Waals surface area contributed by atoms with Gasteiger partial charge in [0.2, 0.25) is 10.0 Å². The van der Waals surface area contributed by atoms with Crippen LogP contribution in [0.1, 0.15) is 26.2 Å². The molecule has 104 valence electrons. The largest absolute Gasteiger partial charge is 0.481 e. The van der Waals surface area contributed by atoms with Gasteiger partial charge in [0.05, 0.1) is 17.8 Å². The molecule has 2 fully saturated rings. The summed E-state index contributed by atoms with van der Waals surface area (Å²) in [6, 6.07) is -0.503. The number of hydrogen-bond donors (Lipinski definition) is 1. The molecule has 1 N–H and O–H groups in total. The van der Waals surface area contributed by atoms with E-state index in [1.165, 1.54) is 11.4 Å². The topological polar surface area (TPSA) is 83.9 Å². The highest BCUT2D eigenvalue weighted by atomic mass is 32.2. The summed E-state index contributed by atoms with van der Waals surface area (Å²) in [5.41, 5.74) is 0. The second-order valence-electron chi connectivity index (χ2n) is 5.12. The number of fused-ring (bicyclic) bond motifs is 2. The van der Waals surface area contributed by atoms with E-state index in [-0.39, 0.29) is 18.7 Å². The molecule has 0 aromatic heterocycles. The number of methoxy groups -OCH3 is 1. The number of rotatable bonds is 5. The summed E-state index contributed by atoms with van der Waals surface area (Å²) < 4.78 is 31.1. The van der Waals surface area contributed by atoms with E-state index in [2.05, 4.69) is 0 Å². The second-order valence-corrected chi connectivity index (χ2v) is 7.38. The SMILES string of the molecule is COCC(C)S(=O)(=O)N1C2CCC1C(C(=O)O)C2. The van der Waals surface area contributed by atoms with Crippen LogP contribution in [0, 0.1) is 5.92 Å². The van der Waals surface area contributed by atoms with Crippen LogP contribution < -0.4 is 0 Å². The van der Waals surface area contributed by atoms with E-state index < -0.39 is 27.2 Å². The molecule has 6 nitrogen and oxygen atoms in total. The Labute approximate surface area is 107 Å². The first-order chi connectivity index (χ1) is 8.39. The Morgan fingerprint density at radius 2 is 2.17 bits per heavy atom. The van der Waals surface area contributed by atoms with Gasteiger partial charge in [-0.15, -0.1) is 0 Å². The molecule has 2 bridgehead atoms. The normalized spacial score (nSPS) is 33.8. The summed E-state index contributed by atoms with van der Waals surface area (Å²) in [4.78, 5) is 11.1. The van der Waals surface area contributed by atoms with Gasteiger partial charge in [0.1, 0.15) is 0 Å². The first-order valence-electron chi connectivity index (χ1n) is 6.13. The van der Waals surface area contributed by atoms with E-state index in [1.807, 2.05) is 0 Å². The van der Waals surface area contributed by atoms with E-state index in [0.717, 1.165) is 6.42 Å². The number of carbonyl (C=O) groups is 1. The number of nitrogens with zero attached hydrogens (tertiary/aromatic N) is 1. The van der Waals surface area contributed by atoms with Crippen molar-refractivity contribution >= 4 is 16.0 Å². The van der Waals surface area contributed by atoms with Gasteiger partial charge in [-0.2, -0.15) is 4.31 Å². The number of aliphatic carboxylic acids is 1. The Balaban J connectivity index is 2.22. The van der Waals surface area contributed by atoms with Crippen LogP contribution in [0.3, 0.4) is 0 Å². The Bertz CT molecular complexity index is 435. The highest BCUT2D eigenvalue weighted by Gasteiger charge is 2.54. The van der Waals surface area contributed by atoms with Crippen LogP contribution in [0.2, 0.25) is 0 Å². The Kier molecular flexibility index (Phi) is 3.66. The minimum atomic E-state index is -3.46. The molecule has 0 aromatic rings. The fourth-order valence-corrected chi connectivity index (χ4v) is 5.09. The molecule has 7 heteroatoms. The van der Waals surface area contributed by atoms with E-state index in [1.54, 1.807) is 6.92 Å². The molecular weight excluding hydrogens is 258 g/mol. The summed E-state index contributed by atoms with van der Waals surface area (Å²) in [6.07, 6.45) is 1.87. The van der Waals surface area contributed by atoms with Gasteiger partial charge in [-0.3, -0.25) is 4.79 Å². The molecule has 2 aliphatic heterocycles. The lowest BCUT2D eigenvalue weighted by atomic mass is 9.89. The molecule has 0 saturated carbocycles. The minimum absolute atomic E-state index is 0.135. The maximum absolute atomic E-state index is 12.4. The number of ether oxygens (including phenoxy) is 1. The van der Waals surface area contributed by atoms with Crippen LogP contribution in [-0.2, 0) is 19.6 Å². The third kappa shape index (κ3) is 2.04. The first-order valence-corrected chi connectivity index (χ1v) is 7.64. The van der Waals surface area contributed by atoms with Crippen LogP contribution in [-0.4, -0.2) is 54.8 Å². The van der Waals surface area contributed by atoms with E-state index in [4.69, 9.17) is 9.84 Å². The van der Waals surface area contributed by atoms with Gasteiger partial charge in [0.15, 0.2) is 0 Å². The van der Waals surface area contributed by atoms with Gasteiger partial charge >= 0.3 is 5.97 Å². The van der Waals surface area contributed by atoms with Gasteiger partial charge < -0.3 is 9.84 Å². The van der Waals surface area contributed by atoms with Crippen LogP contribution in [0.4, 0.5) is 0 Å². The molecule has 0 radical (unpaired) electrons. The van der Waals surface area contributed by atoms with Gasteiger partial charge in [0, 0.05) is 19.2 Å². The van der Waals surface area contributed by atoms with Crippen molar-refractivity contribution < 1.29 is 23.1 Å². The zero-order chi connectivity index (χ0) is 13.5.